The van der Waals surface area contributed by atoms with Crippen molar-refractivity contribution in [2.75, 3.05) is 11.9 Å². The van der Waals surface area contributed by atoms with Crippen LogP contribution in [0.4, 0.5) is 10.5 Å². The number of oxazole rings is 1. The molecular formula is C29H32N4O6. The van der Waals surface area contributed by atoms with Crippen LogP contribution in [0.5, 0.6) is 0 Å². The molecule has 2 atom stereocenters. The monoisotopic (exact) mass is 532 g/mol. The Labute approximate surface area is 226 Å². The Morgan fingerprint density at radius 3 is 2.41 bits per heavy atom. The number of aromatic carboxylic acids is 1. The quantitative estimate of drug-likeness (QED) is 0.315. The van der Waals surface area contributed by atoms with Gasteiger partial charge in [-0.2, -0.15) is 0 Å². The number of ether oxygens (including phenoxy) is 1. The molecule has 0 aliphatic carbocycles. The highest BCUT2D eigenvalue weighted by molar-refractivity contribution is 5.91. The predicted octanol–water partition coefficient (Wildman–Crippen LogP) is 4.87. The second kappa shape index (κ2) is 11.4. The lowest BCUT2D eigenvalue weighted by molar-refractivity contribution is -0.132. The van der Waals surface area contributed by atoms with E-state index in [2.05, 4.69) is 10.3 Å². The van der Waals surface area contributed by atoms with E-state index in [1.807, 2.05) is 48.1 Å². The molecule has 0 aliphatic heterocycles. The van der Waals surface area contributed by atoms with Crippen LogP contribution >= 0.6 is 0 Å². The van der Waals surface area contributed by atoms with Gasteiger partial charge in [0.05, 0.1) is 0 Å². The van der Waals surface area contributed by atoms with Crippen molar-refractivity contribution in [3.8, 4) is 0 Å². The molecule has 2 aromatic carbocycles. The maximum absolute atomic E-state index is 13.5. The summed E-state index contributed by atoms with van der Waals surface area (Å²) < 4.78 is 13.3. The molecule has 0 bridgehead atoms. The van der Waals surface area contributed by atoms with Crippen LogP contribution in [0, 0.1) is 12.8 Å². The number of amides is 2. The number of hydrogen-bond donors (Lipinski definition) is 2. The number of nitrogens with one attached hydrogen (secondary N) is 1. The number of para-hydroxylation sites is 2. The highest BCUT2D eigenvalue weighted by atomic mass is 16.6. The smallest absolute Gasteiger partial charge is 0.414 e. The molecular weight excluding hydrogens is 500 g/mol. The average molecular weight is 533 g/mol. The van der Waals surface area contributed by atoms with E-state index in [0.29, 0.717) is 5.69 Å². The van der Waals surface area contributed by atoms with Crippen LogP contribution in [-0.2, 0) is 23.0 Å². The number of fused-ring (bicyclic) bond motifs is 1. The topological polar surface area (TPSA) is 127 Å². The minimum absolute atomic E-state index is 0.0569. The van der Waals surface area contributed by atoms with Gasteiger partial charge in [0.15, 0.2) is 11.8 Å². The highest BCUT2D eigenvalue weighted by Gasteiger charge is 2.32. The fourth-order valence-electron chi connectivity index (χ4n) is 4.46. The number of carbonyl (C=O) groups is 3. The van der Waals surface area contributed by atoms with E-state index in [9.17, 15) is 19.5 Å². The first-order valence-corrected chi connectivity index (χ1v) is 12.6. The molecule has 4 rings (SSSR count). The van der Waals surface area contributed by atoms with E-state index in [-0.39, 0.29) is 29.7 Å². The van der Waals surface area contributed by atoms with Crippen LogP contribution in [0.3, 0.4) is 0 Å². The molecule has 10 nitrogen and oxygen atoms in total. The zero-order valence-corrected chi connectivity index (χ0v) is 22.5. The van der Waals surface area contributed by atoms with Gasteiger partial charge < -0.3 is 24.1 Å². The van der Waals surface area contributed by atoms with Crippen LogP contribution in [0.15, 0.2) is 65.2 Å². The van der Waals surface area contributed by atoms with Crippen molar-refractivity contribution in [2.45, 2.75) is 39.3 Å². The van der Waals surface area contributed by atoms with Gasteiger partial charge in [-0.05, 0) is 36.6 Å². The van der Waals surface area contributed by atoms with E-state index >= 15 is 0 Å². The van der Waals surface area contributed by atoms with Gasteiger partial charge >= 0.3 is 12.1 Å². The van der Waals surface area contributed by atoms with Gasteiger partial charge in [0.1, 0.15) is 11.8 Å². The number of benzene rings is 2. The second-order valence-electron chi connectivity index (χ2n) is 9.75. The first-order chi connectivity index (χ1) is 18.6. The third-order valence-corrected chi connectivity index (χ3v) is 6.54. The lowest BCUT2D eigenvalue weighted by atomic mass is 10.0. The van der Waals surface area contributed by atoms with Crippen LogP contribution in [0.1, 0.15) is 47.6 Å². The van der Waals surface area contributed by atoms with Gasteiger partial charge in [0.25, 0.3) is 5.91 Å². The molecule has 10 heteroatoms. The molecule has 39 heavy (non-hydrogen) atoms. The van der Waals surface area contributed by atoms with Gasteiger partial charge in [-0.3, -0.25) is 9.69 Å². The summed E-state index contributed by atoms with van der Waals surface area (Å²) in [6.07, 6.45) is 0.427. The van der Waals surface area contributed by atoms with Crippen LogP contribution in [0.25, 0.3) is 10.9 Å². The summed E-state index contributed by atoms with van der Waals surface area (Å²) in [5.74, 6) is -1.93. The van der Waals surface area contributed by atoms with Crippen molar-refractivity contribution in [1.29, 1.82) is 0 Å². The van der Waals surface area contributed by atoms with E-state index < -0.39 is 30.1 Å². The van der Waals surface area contributed by atoms with Crippen molar-refractivity contribution in [3.63, 3.8) is 0 Å². The Kier molecular flexibility index (Phi) is 8.04. The van der Waals surface area contributed by atoms with Gasteiger partial charge in [-0.1, -0.05) is 50.2 Å². The number of aryl methyl sites for hydroxylation is 2. The van der Waals surface area contributed by atoms with Gasteiger partial charge in [0, 0.05) is 43.3 Å². The summed E-state index contributed by atoms with van der Waals surface area (Å²) in [4.78, 5) is 43.6. The van der Waals surface area contributed by atoms with E-state index in [1.54, 1.807) is 45.2 Å². The molecule has 2 N–H and O–H groups in total. The lowest BCUT2D eigenvalue weighted by Crippen LogP contribution is -2.45. The largest absolute Gasteiger partial charge is 0.476 e. The third-order valence-electron chi connectivity index (χ3n) is 6.54. The van der Waals surface area contributed by atoms with E-state index in [1.165, 1.54) is 11.8 Å². The maximum atomic E-state index is 13.5. The highest BCUT2D eigenvalue weighted by Crippen LogP contribution is 2.27. The molecule has 0 spiro atoms. The van der Waals surface area contributed by atoms with Crippen LogP contribution < -0.4 is 10.2 Å². The molecule has 2 amide bonds. The molecule has 2 aromatic heterocycles. The fraction of sp³-hybridized carbons (Fsp3) is 0.310. The molecule has 0 saturated heterocycles. The molecule has 0 aliphatic rings. The maximum Gasteiger partial charge on any atom is 0.414 e. The molecule has 0 fully saturated rings. The minimum Gasteiger partial charge on any atom is -0.476 e. The zero-order chi connectivity index (χ0) is 28.3. The first-order valence-electron chi connectivity index (χ1n) is 12.6. The Balaban J connectivity index is 1.62. The Hall–Kier alpha value is -4.60. The van der Waals surface area contributed by atoms with Crippen molar-refractivity contribution in [2.24, 2.45) is 13.0 Å². The molecule has 0 radical (unpaired) electrons. The lowest BCUT2D eigenvalue weighted by Gasteiger charge is -2.26. The third kappa shape index (κ3) is 5.95. The fourth-order valence-corrected chi connectivity index (χ4v) is 4.46. The number of carboxylic acids is 1. The van der Waals surface area contributed by atoms with Crippen molar-refractivity contribution in [1.82, 2.24) is 14.9 Å². The molecule has 204 valence electrons. The summed E-state index contributed by atoms with van der Waals surface area (Å²) in [6.45, 7) is 5.06. The molecule has 2 heterocycles. The molecule has 2 unspecified atom stereocenters. The Morgan fingerprint density at radius 1 is 1.10 bits per heavy atom. The summed E-state index contributed by atoms with van der Waals surface area (Å²) in [6, 6.07) is 16.0. The number of nitrogens with zero attached hydrogens (tertiary/aromatic N) is 3. The predicted molar refractivity (Wildman–Crippen MR) is 146 cm³/mol. The number of anilines is 1. The van der Waals surface area contributed by atoms with E-state index in [4.69, 9.17) is 9.15 Å². The standard InChI is InChI=1S/C29H32N4O6/c1-17(2)25(39-29(37)33(5)20-11-7-6-8-12-20)26(34)30-22(27-31-24(28(35)36)18(3)38-27)15-19-16-32(4)23-14-10-9-13-21(19)23/h6-14,16-17,22,25H,15H2,1-5H3,(H,30,34)(H,35,36). The Morgan fingerprint density at radius 2 is 1.77 bits per heavy atom. The number of hydrogen-bond acceptors (Lipinski definition) is 6. The van der Waals surface area contributed by atoms with E-state index in [0.717, 1.165) is 16.5 Å². The first kappa shape index (κ1) is 27.4. The number of aromatic nitrogens is 2. The summed E-state index contributed by atoms with van der Waals surface area (Å²) >= 11 is 0. The average Bonchev–Trinajstić information content (AvgIpc) is 3.46. The zero-order valence-electron chi connectivity index (χ0n) is 22.5. The number of rotatable bonds is 9. The Bertz CT molecular complexity index is 1490. The summed E-state index contributed by atoms with van der Waals surface area (Å²) in [5.41, 5.74) is 2.31. The van der Waals surface area contributed by atoms with Crippen molar-refractivity contribution < 1.29 is 28.6 Å². The summed E-state index contributed by atoms with van der Waals surface area (Å²) in [7, 11) is 3.49. The van der Waals surface area contributed by atoms with Crippen molar-refractivity contribution >= 4 is 34.6 Å². The molecule has 0 saturated carbocycles. The second-order valence-corrected chi connectivity index (χ2v) is 9.75. The summed E-state index contributed by atoms with van der Waals surface area (Å²) in [5, 5.41) is 13.4. The minimum atomic E-state index is -1.23. The van der Waals surface area contributed by atoms with Gasteiger partial charge in [-0.25, -0.2) is 14.6 Å². The van der Waals surface area contributed by atoms with Crippen molar-refractivity contribution in [3.05, 3.63) is 83.7 Å². The SMILES string of the molecule is Cc1oc(C(Cc2cn(C)c3ccccc23)NC(=O)C(OC(=O)N(C)c2ccccc2)C(C)C)nc1C(=O)O. The van der Waals surface area contributed by atoms with Gasteiger partial charge in [0.2, 0.25) is 5.89 Å². The number of carboxylic acid groups (broad SMARTS) is 1. The van der Waals surface area contributed by atoms with Gasteiger partial charge in [-0.15, -0.1) is 0 Å². The molecule has 4 aromatic rings. The normalized spacial score (nSPS) is 12.8. The van der Waals surface area contributed by atoms with Crippen LogP contribution in [0.2, 0.25) is 0 Å². The number of carbonyl (C=O) groups excluding carboxylic acids is 2. The van der Waals surface area contributed by atoms with Crippen LogP contribution in [-0.4, -0.2) is 45.8 Å².